The van der Waals surface area contributed by atoms with Gasteiger partial charge in [-0.05, 0) is 39.8 Å². The van der Waals surface area contributed by atoms with Gasteiger partial charge >= 0.3 is 0 Å². The second-order valence-corrected chi connectivity index (χ2v) is 5.26. The van der Waals surface area contributed by atoms with Crippen molar-refractivity contribution in [2.75, 3.05) is 18.2 Å². The van der Waals surface area contributed by atoms with E-state index >= 15 is 0 Å². The van der Waals surface area contributed by atoms with Gasteiger partial charge in [-0.3, -0.25) is 0 Å². The number of nitrogens with two attached hydrogens (primary N) is 1. The van der Waals surface area contributed by atoms with Crippen LogP contribution in [-0.4, -0.2) is 23.4 Å². The van der Waals surface area contributed by atoms with Crippen molar-refractivity contribution < 1.29 is 9.84 Å². The lowest BCUT2D eigenvalue weighted by molar-refractivity contribution is 0.0241. The van der Waals surface area contributed by atoms with Gasteiger partial charge in [0, 0.05) is 6.07 Å². The first-order valence-corrected chi connectivity index (χ1v) is 5.61. The number of aliphatic hydroxyl groups is 1. The third-order valence-electron chi connectivity index (χ3n) is 3.24. The molecule has 0 amide bonds. The molecule has 0 saturated carbocycles. The molecule has 0 aromatic heterocycles. The lowest BCUT2D eigenvalue weighted by atomic mass is 9.85. The minimum absolute atomic E-state index is 0.490. The van der Waals surface area contributed by atoms with Crippen molar-refractivity contribution in [3.8, 4) is 5.75 Å². The number of hydrogen-bond donors (Lipinski definition) is 3. The quantitative estimate of drug-likeness (QED) is 0.704. The van der Waals surface area contributed by atoms with Crippen LogP contribution < -0.4 is 15.8 Å². The van der Waals surface area contributed by atoms with E-state index in [0.29, 0.717) is 11.4 Å². The summed E-state index contributed by atoms with van der Waals surface area (Å²) >= 11 is 0. The Morgan fingerprint density at radius 1 is 1.24 bits per heavy atom. The van der Waals surface area contributed by atoms with E-state index in [1.807, 2.05) is 26.0 Å². The van der Waals surface area contributed by atoms with Crippen LogP contribution in [-0.2, 0) is 0 Å². The standard InChI is InChI=1S/C13H22N2O2/c1-12(2,13(3,4)16)15-11-7-6-9(17-5)8-10(11)14/h6-8,15-16H,14H2,1-5H3. The molecule has 0 aliphatic heterocycles. The Labute approximate surface area is 103 Å². The fourth-order valence-corrected chi connectivity index (χ4v) is 1.27. The highest BCUT2D eigenvalue weighted by Gasteiger charge is 2.35. The van der Waals surface area contributed by atoms with Crippen LogP contribution in [0.4, 0.5) is 11.4 Å². The fraction of sp³-hybridized carbons (Fsp3) is 0.538. The van der Waals surface area contributed by atoms with Crippen molar-refractivity contribution in [3.05, 3.63) is 18.2 Å². The molecule has 0 heterocycles. The van der Waals surface area contributed by atoms with E-state index in [0.717, 1.165) is 5.69 Å². The molecule has 1 aromatic rings. The molecule has 0 unspecified atom stereocenters. The molecule has 0 aliphatic rings. The lowest BCUT2D eigenvalue weighted by Gasteiger charge is -2.39. The predicted octanol–water partition coefficient (Wildman–Crippen LogP) is 2.24. The zero-order chi connectivity index (χ0) is 13.3. The first-order chi connectivity index (χ1) is 7.67. The van der Waals surface area contributed by atoms with Crippen molar-refractivity contribution in [3.63, 3.8) is 0 Å². The molecule has 0 bridgehead atoms. The minimum atomic E-state index is -0.862. The highest BCUT2D eigenvalue weighted by molar-refractivity contribution is 5.69. The number of hydrogen-bond acceptors (Lipinski definition) is 4. The Morgan fingerprint density at radius 2 is 1.82 bits per heavy atom. The van der Waals surface area contributed by atoms with Crippen molar-refractivity contribution in [1.82, 2.24) is 0 Å². The number of anilines is 2. The Bertz CT molecular complexity index is 395. The molecule has 4 heteroatoms. The molecule has 17 heavy (non-hydrogen) atoms. The maximum Gasteiger partial charge on any atom is 0.121 e. The van der Waals surface area contributed by atoms with Gasteiger partial charge < -0.3 is 20.9 Å². The second kappa shape index (κ2) is 4.45. The van der Waals surface area contributed by atoms with Crippen LogP contribution in [0, 0.1) is 0 Å². The fourth-order valence-electron chi connectivity index (χ4n) is 1.27. The van der Waals surface area contributed by atoms with Gasteiger partial charge in [-0.15, -0.1) is 0 Å². The van der Waals surface area contributed by atoms with Crippen LogP contribution in [0.2, 0.25) is 0 Å². The Kier molecular flexibility index (Phi) is 3.57. The average molecular weight is 238 g/mol. The number of nitrogens with one attached hydrogen (secondary N) is 1. The summed E-state index contributed by atoms with van der Waals surface area (Å²) in [5.41, 5.74) is 5.96. The van der Waals surface area contributed by atoms with E-state index in [-0.39, 0.29) is 0 Å². The molecule has 1 aromatic carbocycles. The number of nitrogen functional groups attached to an aromatic ring is 1. The Balaban J connectivity index is 2.96. The Hall–Kier alpha value is -1.42. The highest BCUT2D eigenvalue weighted by atomic mass is 16.5. The summed E-state index contributed by atoms with van der Waals surface area (Å²) in [7, 11) is 1.60. The average Bonchev–Trinajstić information content (AvgIpc) is 2.19. The van der Waals surface area contributed by atoms with Crippen LogP contribution in [0.1, 0.15) is 27.7 Å². The zero-order valence-corrected chi connectivity index (χ0v) is 11.2. The summed E-state index contributed by atoms with van der Waals surface area (Å²) in [5.74, 6) is 0.717. The van der Waals surface area contributed by atoms with Crippen LogP contribution in [0.25, 0.3) is 0 Å². The monoisotopic (exact) mass is 238 g/mol. The van der Waals surface area contributed by atoms with Gasteiger partial charge in [0.15, 0.2) is 0 Å². The first-order valence-electron chi connectivity index (χ1n) is 5.61. The lowest BCUT2D eigenvalue weighted by Crippen LogP contribution is -2.51. The van der Waals surface area contributed by atoms with E-state index < -0.39 is 11.1 Å². The van der Waals surface area contributed by atoms with Crippen molar-refractivity contribution in [1.29, 1.82) is 0 Å². The largest absolute Gasteiger partial charge is 0.497 e. The van der Waals surface area contributed by atoms with Crippen LogP contribution in [0.3, 0.4) is 0 Å². The van der Waals surface area contributed by atoms with Gasteiger partial charge in [0.2, 0.25) is 0 Å². The maximum absolute atomic E-state index is 10.1. The molecule has 0 aliphatic carbocycles. The second-order valence-electron chi connectivity index (χ2n) is 5.26. The summed E-state index contributed by atoms with van der Waals surface area (Å²) in [5, 5.41) is 13.3. The van der Waals surface area contributed by atoms with E-state index in [1.165, 1.54) is 0 Å². The molecule has 0 spiro atoms. The SMILES string of the molecule is COc1ccc(NC(C)(C)C(C)(C)O)c(N)c1. The predicted molar refractivity (Wildman–Crippen MR) is 71.4 cm³/mol. The molecule has 0 saturated heterocycles. The molecule has 0 atom stereocenters. The normalized spacial score (nSPS) is 12.4. The molecule has 0 radical (unpaired) electrons. The third-order valence-corrected chi connectivity index (χ3v) is 3.24. The van der Waals surface area contributed by atoms with Gasteiger partial charge in [-0.2, -0.15) is 0 Å². The van der Waals surface area contributed by atoms with Gasteiger partial charge in [0.05, 0.1) is 29.6 Å². The molecule has 4 nitrogen and oxygen atoms in total. The summed E-state index contributed by atoms with van der Waals surface area (Å²) in [6.07, 6.45) is 0. The van der Waals surface area contributed by atoms with Gasteiger partial charge in [-0.25, -0.2) is 0 Å². The molecular weight excluding hydrogens is 216 g/mol. The van der Waals surface area contributed by atoms with E-state index in [2.05, 4.69) is 5.32 Å². The maximum atomic E-state index is 10.1. The van der Waals surface area contributed by atoms with Gasteiger partial charge in [0.1, 0.15) is 5.75 Å². The summed E-state index contributed by atoms with van der Waals surface area (Å²) in [6, 6.07) is 5.43. The number of ether oxygens (including phenoxy) is 1. The van der Waals surface area contributed by atoms with Gasteiger partial charge in [-0.1, -0.05) is 0 Å². The third kappa shape index (κ3) is 3.03. The van der Waals surface area contributed by atoms with E-state index in [4.69, 9.17) is 10.5 Å². The van der Waals surface area contributed by atoms with Crippen LogP contribution >= 0.6 is 0 Å². The number of rotatable bonds is 4. The van der Waals surface area contributed by atoms with Crippen molar-refractivity contribution in [2.45, 2.75) is 38.8 Å². The van der Waals surface area contributed by atoms with Crippen molar-refractivity contribution >= 4 is 11.4 Å². The minimum Gasteiger partial charge on any atom is -0.497 e. The molecule has 4 N–H and O–H groups in total. The number of methoxy groups -OCH3 is 1. The summed E-state index contributed by atoms with van der Waals surface area (Å²) < 4.78 is 5.09. The molecule has 96 valence electrons. The van der Waals surface area contributed by atoms with Crippen LogP contribution in [0.5, 0.6) is 5.75 Å². The van der Waals surface area contributed by atoms with E-state index in [1.54, 1.807) is 27.0 Å². The molecule has 1 rings (SSSR count). The Morgan fingerprint density at radius 3 is 2.24 bits per heavy atom. The van der Waals surface area contributed by atoms with E-state index in [9.17, 15) is 5.11 Å². The van der Waals surface area contributed by atoms with Gasteiger partial charge in [0.25, 0.3) is 0 Å². The smallest absolute Gasteiger partial charge is 0.121 e. The number of benzene rings is 1. The molecule has 0 fully saturated rings. The van der Waals surface area contributed by atoms with Crippen LogP contribution in [0.15, 0.2) is 18.2 Å². The summed E-state index contributed by atoms with van der Waals surface area (Å²) in [6.45, 7) is 7.38. The highest BCUT2D eigenvalue weighted by Crippen LogP contribution is 2.30. The molecular formula is C13H22N2O2. The topological polar surface area (TPSA) is 67.5 Å². The zero-order valence-electron chi connectivity index (χ0n) is 11.2. The first kappa shape index (κ1) is 13.6. The van der Waals surface area contributed by atoms with Crippen molar-refractivity contribution in [2.24, 2.45) is 0 Å². The summed E-state index contributed by atoms with van der Waals surface area (Å²) in [4.78, 5) is 0.